The number of nitrogens with one attached hydrogen (secondary N) is 2. The number of aliphatic hydroxyl groups excluding tert-OH is 1. The molecule has 1 fully saturated rings. The van der Waals surface area contributed by atoms with Crippen molar-refractivity contribution in [3.8, 4) is 0 Å². The lowest BCUT2D eigenvalue weighted by atomic mass is 9.87. The Kier molecular flexibility index (Phi) is 8.03. The minimum Gasteiger partial charge on any atom is -0.393 e. The van der Waals surface area contributed by atoms with E-state index in [2.05, 4.69) is 26.0 Å². The van der Waals surface area contributed by atoms with Crippen LogP contribution in [0.25, 0.3) is 0 Å². The van der Waals surface area contributed by atoms with Crippen LogP contribution in [-0.4, -0.2) is 52.3 Å². The first-order valence-electron chi connectivity index (χ1n) is 8.58. The maximum absolute atomic E-state index is 12.5. The molecule has 3 N–H and O–H groups in total. The molecule has 146 valence electrons. The average molecular weight is 449 g/mol. The normalized spacial score (nSPS) is 20.7. The van der Waals surface area contributed by atoms with E-state index in [1.54, 1.807) is 6.07 Å². The van der Waals surface area contributed by atoms with Crippen LogP contribution in [0.3, 0.4) is 0 Å². The van der Waals surface area contributed by atoms with Crippen molar-refractivity contribution in [1.29, 1.82) is 0 Å². The predicted octanol–water partition coefficient (Wildman–Crippen LogP) is 1.65. The van der Waals surface area contributed by atoms with Gasteiger partial charge in [0.2, 0.25) is 10.0 Å². The van der Waals surface area contributed by atoms with Crippen LogP contribution < -0.4 is 10.0 Å². The van der Waals surface area contributed by atoms with Crippen LogP contribution in [0.1, 0.15) is 36.0 Å². The second kappa shape index (κ2) is 9.80. The summed E-state index contributed by atoms with van der Waals surface area (Å²) in [4.78, 5) is 12.5. The third-order valence-corrected chi connectivity index (χ3v) is 6.55. The van der Waals surface area contributed by atoms with Gasteiger partial charge in [-0.15, -0.1) is 0 Å². The first kappa shape index (κ1) is 21.3. The summed E-state index contributed by atoms with van der Waals surface area (Å²) in [6, 6.07) is 4.34. The van der Waals surface area contributed by atoms with Gasteiger partial charge < -0.3 is 15.2 Å². The Bertz CT molecular complexity index is 726. The van der Waals surface area contributed by atoms with Gasteiger partial charge in [-0.1, -0.05) is 6.42 Å². The molecule has 0 heterocycles. The topological polar surface area (TPSA) is 105 Å². The van der Waals surface area contributed by atoms with Gasteiger partial charge in [0, 0.05) is 24.7 Å². The van der Waals surface area contributed by atoms with Crippen molar-refractivity contribution in [2.45, 2.75) is 36.7 Å². The number of aliphatic hydroxyl groups is 1. The number of rotatable bonds is 8. The van der Waals surface area contributed by atoms with E-state index in [-0.39, 0.29) is 41.5 Å². The highest BCUT2D eigenvalue weighted by molar-refractivity contribution is 9.10. The molecule has 1 aromatic rings. The van der Waals surface area contributed by atoms with Crippen molar-refractivity contribution in [2.75, 3.05) is 26.8 Å². The second-order valence-corrected chi connectivity index (χ2v) is 9.05. The van der Waals surface area contributed by atoms with Gasteiger partial charge in [-0.05, 0) is 59.3 Å². The number of halogens is 1. The van der Waals surface area contributed by atoms with Crippen LogP contribution in [0.4, 0.5) is 0 Å². The number of methoxy groups -OCH3 is 1. The molecule has 0 aromatic heterocycles. The van der Waals surface area contributed by atoms with E-state index < -0.39 is 10.0 Å². The Morgan fingerprint density at radius 2 is 2.15 bits per heavy atom. The van der Waals surface area contributed by atoms with Crippen LogP contribution in [0.5, 0.6) is 0 Å². The fourth-order valence-electron chi connectivity index (χ4n) is 2.99. The van der Waals surface area contributed by atoms with Crippen LogP contribution in [0.2, 0.25) is 0 Å². The van der Waals surface area contributed by atoms with Crippen molar-refractivity contribution in [3.05, 3.63) is 28.2 Å². The molecule has 1 aliphatic carbocycles. The van der Waals surface area contributed by atoms with Gasteiger partial charge in [-0.2, -0.15) is 0 Å². The molecule has 26 heavy (non-hydrogen) atoms. The lowest BCUT2D eigenvalue weighted by Crippen LogP contribution is -2.33. The highest BCUT2D eigenvalue weighted by Gasteiger charge is 2.22. The number of hydrogen-bond donors (Lipinski definition) is 3. The zero-order valence-corrected chi connectivity index (χ0v) is 17.1. The molecule has 1 saturated carbocycles. The quantitative estimate of drug-likeness (QED) is 0.524. The zero-order chi connectivity index (χ0) is 19.2. The largest absolute Gasteiger partial charge is 0.393 e. The van der Waals surface area contributed by atoms with Gasteiger partial charge >= 0.3 is 0 Å². The fourth-order valence-corrected chi connectivity index (χ4v) is 4.45. The number of ether oxygens (including phenoxy) is 1. The van der Waals surface area contributed by atoms with Crippen LogP contribution >= 0.6 is 15.9 Å². The number of sulfonamides is 1. The monoisotopic (exact) mass is 448 g/mol. The molecule has 0 saturated heterocycles. The molecule has 0 spiro atoms. The van der Waals surface area contributed by atoms with Crippen LogP contribution in [-0.2, 0) is 14.8 Å². The SMILES string of the molecule is COCCNS(=O)(=O)c1ccc(Br)c(C(=O)NC[C@@H]2CCC[C@H](O)C2)c1. The lowest BCUT2D eigenvalue weighted by Gasteiger charge is -2.26. The van der Waals surface area contributed by atoms with Crippen molar-refractivity contribution in [2.24, 2.45) is 5.92 Å². The van der Waals surface area contributed by atoms with Gasteiger partial charge in [0.25, 0.3) is 5.91 Å². The molecule has 0 bridgehead atoms. The molecule has 9 heteroatoms. The molecule has 7 nitrogen and oxygen atoms in total. The minimum atomic E-state index is -3.71. The Labute approximate surface area is 162 Å². The van der Waals surface area contributed by atoms with Gasteiger partial charge in [0.05, 0.1) is 23.2 Å². The van der Waals surface area contributed by atoms with E-state index in [4.69, 9.17) is 4.74 Å². The zero-order valence-electron chi connectivity index (χ0n) is 14.7. The molecule has 1 aliphatic rings. The Morgan fingerprint density at radius 3 is 2.85 bits per heavy atom. The maximum atomic E-state index is 12.5. The number of amides is 1. The lowest BCUT2D eigenvalue weighted by molar-refractivity contribution is 0.0873. The smallest absolute Gasteiger partial charge is 0.252 e. The molecule has 2 atom stereocenters. The highest BCUT2D eigenvalue weighted by Crippen LogP contribution is 2.24. The summed E-state index contributed by atoms with van der Waals surface area (Å²) in [7, 11) is -2.22. The summed E-state index contributed by atoms with van der Waals surface area (Å²) in [6.45, 7) is 0.877. The molecular weight excluding hydrogens is 424 g/mol. The number of carbonyl (C=O) groups excluding carboxylic acids is 1. The molecule has 0 unspecified atom stereocenters. The highest BCUT2D eigenvalue weighted by atomic mass is 79.9. The molecule has 1 aromatic carbocycles. The summed E-state index contributed by atoms with van der Waals surface area (Å²) in [6.07, 6.45) is 3.11. The van der Waals surface area contributed by atoms with Gasteiger partial charge in [0.1, 0.15) is 0 Å². The molecule has 0 radical (unpaired) electrons. The van der Waals surface area contributed by atoms with E-state index in [1.165, 1.54) is 19.2 Å². The van der Waals surface area contributed by atoms with Crippen LogP contribution in [0, 0.1) is 5.92 Å². The number of carbonyl (C=O) groups is 1. The summed E-state index contributed by atoms with van der Waals surface area (Å²) in [5, 5.41) is 12.6. The fraction of sp³-hybridized carbons (Fsp3) is 0.588. The summed E-state index contributed by atoms with van der Waals surface area (Å²) < 4.78 is 32.4. The van der Waals surface area contributed by atoms with E-state index in [1.807, 2.05) is 0 Å². The first-order valence-corrected chi connectivity index (χ1v) is 10.9. The van der Waals surface area contributed by atoms with E-state index in [0.717, 1.165) is 19.3 Å². The average Bonchev–Trinajstić information content (AvgIpc) is 2.60. The third kappa shape index (κ3) is 6.02. The Morgan fingerprint density at radius 1 is 1.38 bits per heavy atom. The van der Waals surface area contributed by atoms with E-state index in [0.29, 0.717) is 17.4 Å². The minimum absolute atomic E-state index is 0.0232. The maximum Gasteiger partial charge on any atom is 0.252 e. The second-order valence-electron chi connectivity index (χ2n) is 6.43. The molecular formula is C17H25BrN2O5S. The van der Waals surface area contributed by atoms with Crippen molar-refractivity contribution < 1.29 is 23.1 Å². The van der Waals surface area contributed by atoms with Crippen molar-refractivity contribution in [3.63, 3.8) is 0 Å². The van der Waals surface area contributed by atoms with Gasteiger partial charge in [0.15, 0.2) is 0 Å². The Balaban J connectivity index is 2.04. The molecule has 1 amide bonds. The van der Waals surface area contributed by atoms with Crippen molar-refractivity contribution in [1.82, 2.24) is 10.0 Å². The Hall–Kier alpha value is -1.00. The summed E-state index contributed by atoms with van der Waals surface area (Å²) in [5.41, 5.74) is 0.260. The standard InChI is InChI=1S/C17H25BrN2O5S/c1-25-8-7-20-26(23,24)14-5-6-16(18)15(10-14)17(22)19-11-12-3-2-4-13(21)9-12/h5-6,10,12-13,20-21H,2-4,7-9,11H2,1H3,(H,19,22)/t12-,13+/m1/s1. The van der Waals surface area contributed by atoms with Crippen molar-refractivity contribution >= 4 is 31.9 Å². The molecule has 2 rings (SSSR count). The van der Waals surface area contributed by atoms with Gasteiger partial charge in [-0.3, -0.25) is 4.79 Å². The number of benzene rings is 1. The summed E-state index contributed by atoms with van der Waals surface area (Å²) >= 11 is 3.30. The predicted molar refractivity (Wildman–Crippen MR) is 102 cm³/mol. The molecule has 0 aliphatic heterocycles. The first-order chi connectivity index (χ1) is 12.3. The number of hydrogen-bond acceptors (Lipinski definition) is 5. The third-order valence-electron chi connectivity index (χ3n) is 4.40. The van der Waals surface area contributed by atoms with E-state index in [9.17, 15) is 18.3 Å². The van der Waals surface area contributed by atoms with Crippen LogP contribution in [0.15, 0.2) is 27.6 Å². The van der Waals surface area contributed by atoms with E-state index >= 15 is 0 Å². The van der Waals surface area contributed by atoms with Gasteiger partial charge in [-0.25, -0.2) is 13.1 Å². The summed E-state index contributed by atoms with van der Waals surface area (Å²) in [5.74, 6) is -0.102.